The van der Waals surface area contributed by atoms with Crippen LogP contribution in [0.2, 0.25) is 0 Å². The number of hydrogen-bond acceptors (Lipinski definition) is 23. The number of carbonyl (C=O) groups excluding carboxylic acids is 15. The number of phenolic OH excluding ortho intramolecular Hbond substituents is 1. The molecular formula is C76H122N18O22. The summed E-state index contributed by atoms with van der Waals surface area (Å²) >= 11 is 0. The highest BCUT2D eigenvalue weighted by atomic mass is 16.4. The number of carboxylic acid groups (broad SMARTS) is 2. The lowest BCUT2D eigenvalue weighted by Gasteiger charge is -2.30. The minimum atomic E-state index is -1.97. The number of nitrogens with two attached hydrogens (primary N) is 6. The highest BCUT2D eigenvalue weighted by Gasteiger charge is 2.40. The molecule has 0 aromatic heterocycles. The molecule has 2 aromatic carbocycles. The summed E-state index contributed by atoms with van der Waals surface area (Å²) in [5.74, 6) is -19.6. The zero-order chi connectivity index (χ0) is 87.6. The largest absolute Gasteiger partial charge is 0.508 e. The summed E-state index contributed by atoms with van der Waals surface area (Å²) in [6.45, 7) is 12.8. The summed E-state index contributed by atoms with van der Waals surface area (Å²) in [6.07, 6.45) is -7.79. The summed E-state index contributed by atoms with van der Waals surface area (Å²) in [5.41, 5.74) is 34.9. The van der Waals surface area contributed by atoms with Crippen molar-refractivity contribution < 1.29 is 107 Å². The van der Waals surface area contributed by atoms with Crippen molar-refractivity contribution in [1.82, 2.24) is 63.8 Å². The van der Waals surface area contributed by atoms with Gasteiger partial charge in [-0.3, -0.25) is 76.7 Å². The first-order valence-corrected chi connectivity index (χ1v) is 38.7. The fourth-order valence-corrected chi connectivity index (χ4v) is 11.9. The normalized spacial score (nSPS) is 15.1. The van der Waals surface area contributed by atoms with Crippen LogP contribution in [0.5, 0.6) is 5.75 Å². The van der Waals surface area contributed by atoms with Crippen LogP contribution >= 0.6 is 0 Å². The van der Waals surface area contributed by atoms with E-state index in [1.807, 2.05) is 13.8 Å². The van der Waals surface area contributed by atoms with Crippen LogP contribution in [0, 0.1) is 17.8 Å². The maximum atomic E-state index is 14.6. The molecule has 2 rings (SSSR count). The van der Waals surface area contributed by atoms with E-state index in [1.54, 1.807) is 58.0 Å². The molecule has 15 atom stereocenters. The number of carboxylic acids is 2. The lowest BCUT2D eigenvalue weighted by atomic mass is 10.00. The number of rotatable bonds is 57. The summed E-state index contributed by atoms with van der Waals surface area (Å²) in [5, 5.41) is 81.0. The van der Waals surface area contributed by atoms with Gasteiger partial charge >= 0.3 is 11.9 Å². The second kappa shape index (κ2) is 52.5. The van der Waals surface area contributed by atoms with Gasteiger partial charge in [0.05, 0.1) is 18.2 Å². The molecule has 0 aliphatic carbocycles. The van der Waals surface area contributed by atoms with Crippen molar-refractivity contribution in [3.05, 3.63) is 65.7 Å². The molecule has 0 aliphatic rings. The van der Waals surface area contributed by atoms with Gasteiger partial charge in [0.15, 0.2) is 0 Å². The van der Waals surface area contributed by atoms with Crippen molar-refractivity contribution in [3.63, 3.8) is 0 Å². The Labute approximate surface area is 673 Å². The lowest BCUT2D eigenvalue weighted by Crippen LogP contribution is -2.63. The maximum absolute atomic E-state index is 14.6. The predicted octanol–water partition coefficient (Wildman–Crippen LogP) is -4.77. The van der Waals surface area contributed by atoms with Crippen LogP contribution in [0.1, 0.15) is 176 Å². The zero-order valence-electron chi connectivity index (χ0n) is 67.1. The van der Waals surface area contributed by atoms with Gasteiger partial charge in [0.2, 0.25) is 88.6 Å². The van der Waals surface area contributed by atoms with E-state index in [4.69, 9.17) is 34.4 Å². The fraction of sp³-hybridized carbons (Fsp3) is 0.618. The summed E-state index contributed by atoms with van der Waals surface area (Å²) in [7, 11) is 0. The van der Waals surface area contributed by atoms with Gasteiger partial charge in [0.25, 0.3) is 0 Å². The molecule has 116 heavy (non-hydrogen) atoms. The number of aromatic hydroxyl groups is 1. The number of benzene rings is 2. The van der Waals surface area contributed by atoms with Crippen molar-refractivity contribution in [2.45, 2.75) is 268 Å². The quantitative estimate of drug-likeness (QED) is 0.0277. The highest BCUT2D eigenvalue weighted by Crippen LogP contribution is 2.17. The minimum absolute atomic E-state index is 0.0117. The standard InChI is InChI=1S/C76H122N18O22/c1-39(2)34-47(79)64(103)89-56(38-45-20-22-46(97)23-21-45)71(110)86-50(25-29-59(81)99)67(106)84-52(27-31-61(101)102)68(107)90-54(35-40(3)4)70(109)85-49(24-28-58(80)98)66(105)83-48(18-12-14-32-77)65(104)91-55(36-41(5)6)73(112)94-62(42(7)95)74(113)87-51(26-30-60(82)100)69(108)93-63(43(8)96)75(114)92-57(37-44-16-10-9-11-17-44)72(111)88-53(76(115)116)19-13-15-33-78/h9-11,16-17,20-23,39-43,47-57,62-63,95-97H,12-15,18-19,24-38,77-79H2,1-8H3,(H2,80,98)(H2,81,99)(H2,82,100)(H,83,105)(H,84,106)(H,85,109)(H,86,110)(H,87,113)(H,88,111)(H,89,103)(H,90,107)(H,91,104)(H,92,114)(H,93,108)(H,94,112)(H,101,102)(H,115,116)/t42-,43-,47+,48+,49+,50+,51+,52+,53+,54+,55+,56+,57+,62+,63+/m1/s1. The zero-order valence-corrected chi connectivity index (χ0v) is 67.1. The molecule has 29 N–H and O–H groups in total. The Bertz CT molecular complexity index is 3610. The summed E-state index contributed by atoms with van der Waals surface area (Å²) < 4.78 is 0. The molecule has 0 spiro atoms. The van der Waals surface area contributed by atoms with E-state index in [0.29, 0.717) is 24.0 Å². The number of aliphatic hydroxyl groups excluding tert-OH is 2. The molecule has 0 aliphatic heterocycles. The number of hydrogen-bond donors (Lipinski definition) is 23. The van der Waals surface area contributed by atoms with Gasteiger partial charge in [-0.15, -0.1) is 0 Å². The molecule has 2 aromatic rings. The van der Waals surface area contributed by atoms with E-state index in [-0.39, 0.29) is 82.5 Å². The predicted molar refractivity (Wildman–Crippen MR) is 420 cm³/mol. The Kier molecular flexibility index (Phi) is 45.8. The summed E-state index contributed by atoms with van der Waals surface area (Å²) in [4.78, 5) is 232. The number of carbonyl (C=O) groups is 17. The molecule has 0 saturated heterocycles. The van der Waals surface area contributed by atoms with Crippen LogP contribution in [0.3, 0.4) is 0 Å². The third-order valence-corrected chi connectivity index (χ3v) is 18.2. The second-order valence-electron chi connectivity index (χ2n) is 30.0. The van der Waals surface area contributed by atoms with Gasteiger partial charge in [-0.2, -0.15) is 0 Å². The van der Waals surface area contributed by atoms with Gasteiger partial charge in [0, 0.05) is 38.5 Å². The van der Waals surface area contributed by atoms with Gasteiger partial charge in [-0.1, -0.05) is 84.0 Å². The lowest BCUT2D eigenvalue weighted by molar-refractivity contribution is -0.142. The number of nitrogens with one attached hydrogen (secondary N) is 12. The Balaban J connectivity index is 2.56. The molecule has 40 nitrogen and oxygen atoms in total. The van der Waals surface area contributed by atoms with Crippen LogP contribution in [-0.4, -0.2) is 230 Å². The van der Waals surface area contributed by atoms with E-state index >= 15 is 0 Å². The van der Waals surface area contributed by atoms with Crippen molar-refractivity contribution in [2.24, 2.45) is 52.2 Å². The second-order valence-corrected chi connectivity index (χ2v) is 30.0. The molecule has 0 unspecified atom stereocenters. The number of aliphatic hydroxyl groups is 2. The third kappa shape index (κ3) is 39.4. The molecule has 0 bridgehead atoms. The van der Waals surface area contributed by atoms with Crippen LogP contribution in [-0.2, 0) is 94.3 Å². The first-order chi connectivity index (χ1) is 54.5. The maximum Gasteiger partial charge on any atom is 0.326 e. The van der Waals surface area contributed by atoms with Crippen molar-refractivity contribution >= 4 is 101 Å². The van der Waals surface area contributed by atoms with Gasteiger partial charge in [-0.25, -0.2) is 4.79 Å². The first-order valence-electron chi connectivity index (χ1n) is 38.7. The van der Waals surface area contributed by atoms with Crippen LogP contribution < -0.4 is 98.2 Å². The van der Waals surface area contributed by atoms with E-state index in [1.165, 1.54) is 24.3 Å². The number of amides is 15. The van der Waals surface area contributed by atoms with E-state index in [2.05, 4.69) is 63.8 Å². The Morgan fingerprint density at radius 2 is 0.612 bits per heavy atom. The minimum Gasteiger partial charge on any atom is -0.508 e. The summed E-state index contributed by atoms with van der Waals surface area (Å²) in [6, 6.07) is -7.33. The van der Waals surface area contributed by atoms with Crippen LogP contribution in [0.15, 0.2) is 54.6 Å². The Hall–Kier alpha value is -11.0. The first kappa shape index (κ1) is 101. The van der Waals surface area contributed by atoms with Crippen molar-refractivity contribution in [2.75, 3.05) is 13.1 Å². The third-order valence-electron chi connectivity index (χ3n) is 18.2. The monoisotopic (exact) mass is 1640 g/mol. The van der Waals surface area contributed by atoms with E-state index in [0.717, 1.165) is 13.8 Å². The molecule has 0 heterocycles. The van der Waals surface area contributed by atoms with Crippen LogP contribution in [0.4, 0.5) is 0 Å². The van der Waals surface area contributed by atoms with Gasteiger partial charge < -0.3 is 124 Å². The molecule has 0 saturated carbocycles. The number of phenols is 1. The van der Waals surface area contributed by atoms with Crippen LogP contribution in [0.25, 0.3) is 0 Å². The topological polar surface area (TPSA) is 692 Å². The van der Waals surface area contributed by atoms with E-state index < -0.39 is 255 Å². The fourth-order valence-electron chi connectivity index (χ4n) is 11.9. The average molecular weight is 1640 g/mol. The smallest absolute Gasteiger partial charge is 0.326 e. The van der Waals surface area contributed by atoms with Crippen molar-refractivity contribution in [1.29, 1.82) is 0 Å². The molecular weight excluding hydrogens is 1520 g/mol. The van der Waals surface area contributed by atoms with Gasteiger partial charge in [-0.05, 0) is 151 Å². The van der Waals surface area contributed by atoms with E-state index in [9.17, 15) is 107 Å². The number of unbranched alkanes of at least 4 members (excludes halogenated alkanes) is 2. The number of aliphatic carboxylic acids is 2. The molecule has 0 fully saturated rings. The molecule has 648 valence electrons. The molecule has 15 amide bonds. The molecule has 40 heteroatoms. The average Bonchev–Trinajstić information content (AvgIpc) is 0.850. The molecule has 0 radical (unpaired) electrons. The van der Waals surface area contributed by atoms with Crippen molar-refractivity contribution in [3.8, 4) is 5.75 Å². The SMILES string of the molecule is CC(C)C[C@H](NC(=O)[C@H](CCC(=O)O)NC(=O)[C@H](CCC(N)=O)NC(=O)[C@H](Cc1ccc(O)cc1)NC(=O)[C@@H](N)CC(C)C)C(=O)N[C@@H](CCC(N)=O)C(=O)N[C@@H](CCCCN)C(=O)N[C@@H](CC(C)C)C(=O)N[C@H](C(=O)N[C@@H](CCC(N)=O)C(=O)N[C@H](C(=O)N[C@@H](Cc1ccccc1)C(=O)N[C@@H](CCCCN)C(=O)O)[C@@H](C)O)[C@@H](C)O. The number of primary amides is 3. The Morgan fingerprint density at radius 1 is 0.328 bits per heavy atom. The van der Waals surface area contributed by atoms with Gasteiger partial charge in [0.1, 0.15) is 78.3 Å². The highest BCUT2D eigenvalue weighted by molar-refractivity contribution is 6.00. The Morgan fingerprint density at radius 3 is 0.957 bits per heavy atom.